The van der Waals surface area contributed by atoms with Crippen LogP contribution in [0.4, 0.5) is 5.69 Å². The highest BCUT2D eigenvalue weighted by Gasteiger charge is 2.44. The first kappa shape index (κ1) is 17.4. The number of hydroxylamine groups is 2. The molecule has 1 saturated heterocycles. The molecule has 23 heavy (non-hydrogen) atoms. The molecule has 6 nitrogen and oxygen atoms in total. The fraction of sp³-hybridized carbons (Fsp3) is 0.438. The Balaban J connectivity index is 2.23. The normalized spacial score (nSPS) is 17.7. The summed E-state index contributed by atoms with van der Waals surface area (Å²) in [6.07, 6.45) is 1.31. The van der Waals surface area contributed by atoms with E-state index in [-0.39, 0.29) is 12.8 Å². The van der Waals surface area contributed by atoms with Crippen molar-refractivity contribution in [3.05, 3.63) is 28.8 Å². The van der Waals surface area contributed by atoms with Crippen molar-refractivity contribution in [3.63, 3.8) is 0 Å². The highest BCUT2D eigenvalue weighted by atomic mass is 35.5. The van der Waals surface area contributed by atoms with Crippen LogP contribution in [0.1, 0.15) is 38.2 Å². The van der Waals surface area contributed by atoms with Crippen molar-refractivity contribution in [2.75, 3.05) is 4.90 Å². The van der Waals surface area contributed by atoms with Gasteiger partial charge in [-0.2, -0.15) is 0 Å². The zero-order valence-electron chi connectivity index (χ0n) is 13.1. The van der Waals surface area contributed by atoms with Gasteiger partial charge >= 0.3 is 0 Å². The molecule has 1 N–H and O–H groups in total. The quantitative estimate of drug-likeness (QED) is 0.508. The van der Waals surface area contributed by atoms with E-state index in [1.807, 2.05) is 6.92 Å². The maximum absolute atomic E-state index is 12.5. The highest BCUT2D eigenvalue weighted by Crippen LogP contribution is 2.31. The van der Waals surface area contributed by atoms with Crippen molar-refractivity contribution in [1.82, 2.24) is 5.06 Å². The number of imide groups is 1. The number of hydrogen-bond acceptors (Lipinski definition) is 4. The van der Waals surface area contributed by atoms with Gasteiger partial charge in [0, 0.05) is 11.4 Å². The van der Waals surface area contributed by atoms with Gasteiger partial charge < -0.3 is 0 Å². The molecule has 3 amide bonds. The van der Waals surface area contributed by atoms with Crippen LogP contribution in [0.3, 0.4) is 0 Å². The fourth-order valence-corrected chi connectivity index (χ4v) is 2.68. The molecule has 0 unspecified atom stereocenters. The lowest BCUT2D eigenvalue weighted by molar-refractivity contribution is -0.177. The van der Waals surface area contributed by atoms with Crippen molar-refractivity contribution in [3.8, 4) is 0 Å². The topological polar surface area (TPSA) is 77.9 Å². The molecule has 1 aliphatic rings. The first-order chi connectivity index (χ1) is 10.9. The van der Waals surface area contributed by atoms with Crippen LogP contribution in [0.25, 0.3) is 0 Å². The lowest BCUT2D eigenvalue weighted by Crippen LogP contribution is -2.43. The predicted octanol–water partition coefficient (Wildman–Crippen LogP) is 2.69. The van der Waals surface area contributed by atoms with Crippen LogP contribution in [0.5, 0.6) is 0 Å². The summed E-state index contributed by atoms with van der Waals surface area (Å²) >= 11 is 6.03. The summed E-state index contributed by atoms with van der Waals surface area (Å²) in [5.41, 5.74) is 0.975. The van der Waals surface area contributed by atoms with Gasteiger partial charge in [0.25, 0.3) is 5.91 Å². The Bertz CT molecular complexity index is 647. The molecule has 1 aromatic rings. The summed E-state index contributed by atoms with van der Waals surface area (Å²) < 4.78 is 0. The summed E-state index contributed by atoms with van der Waals surface area (Å²) in [7, 11) is 0. The van der Waals surface area contributed by atoms with E-state index in [1.54, 1.807) is 25.1 Å². The minimum absolute atomic E-state index is 0.140. The van der Waals surface area contributed by atoms with Gasteiger partial charge in [-0.05, 0) is 31.0 Å². The molecule has 1 atom stereocenters. The Labute approximate surface area is 139 Å². The third-order valence-electron chi connectivity index (χ3n) is 3.90. The number of rotatable bonds is 5. The molecule has 0 bridgehead atoms. The number of halogens is 1. The minimum atomic E-state index is -1.18. The molecule has 7 heteroatoms. The number of anilines is 1. The molecule has 0 aliphatic carbocycles. The van der Waals surface area contributed by atoms with Gasteiger partial charge in [-0.15, -0.1) is 0 Å². The molecule has 1 aromatic carbocycles. The molecule has 124 valence electrons. The second-order valence-corrected chi connectivity index (χ2v) is 5.92. The summed E-state index contributed by atoms with van der Waals surface area (Å²) in [6, 6.07) is 3.74. The second kappa shape index (κ2) is 7.10. The van der Waals surface area contributed by atoms with Crippen LogP contribution in [0.2, 0.25) is 5.02 Å². The van der Waals surface area contributed by atoms with Gasteiger partial charge in [0.1, 0.15) is 6.04 Å². The number of carbonyl (C=O) groups is 3. The predicted molar refractivity (Wildman–Crippen MR) is 85.2 cm³/mol. The van der Waals surface area contributed by atoms with Crippen molar-refractivity contribution in [2.24, 2.45) is 0 Å². The standard InChI is InChI=1S/C16H19ClN2O4/c1-3-4-8-14(20)19(23)13-9-15(21)18(16(13)22)12-7-5-6-11(17)10(12)2/h5-7,13,23H,3-4,8-9H2,1-2H3/t13-/m0/s1. The summed E-state index contributed by atoms with van der Waals surface area (Å²) in [5, 5.41) is 10.8. The number of benzene rings is 1. The Hall–Kier alpha value is -1.92. The van der Waals surface area contributed by atoms with Gasteiger partial charge in [0.2, 0.25) is 11.8 Å². The molecule has 0 spiro atoms. The van der Waals surface area contributed by atoms with Crippen molar-refractivity contribution >= 4 is 35.0 Å². The molecule has 0 radical (unpaired) electrons. The largest absolute Gasteiger partial charge is 0.285 e. The van der Waals surface area contributed by atoms with Crippen LogP contribution < -0.4 is 4.90 Å². The Morgan fingerprint density at radius 2 is 2.13 bits per heavy atom. The van der Waals surface area contributed by atoms with Crippen LogP contribution in [0.15, 0.2) is 18.2 Å². The minimum Gasteiger partial charge on any atom is -0.285 e. The summed E-state index contributed by atoms with van der Waals surface area (Å²) in [5.74, 6) is -1.64. The number of hydrogen-bond donors (Lipinski definition) is 1. The van der Waals surface area contributed by atoms with E-state index in [1.165, 1.54) is 0 Å². The maximum atomic E-state index is 12.5. The van der Waals surface area contributed by atoms with E-state index in [0.29, 0.717) is 27.8 Å². The second-order valence-electron chi connectivity index (χ2n) is 5.51. The first-order valence-electron chi connectivity index (χ1n) is 7.51. The SMILES string of the molecule is CCCCC(=O)N(O)[C@H]1CC(=O)N(c2cccc(Cl)c2C)C1=O. The van der Waals surface area contributed by atoms with Gasteiger partial charge in [-0.1, -0.05) is 31.0 Å². The first-order valence-corrected chi connectivity index (χ1v) is 7.89. The molecule has 1 heterocycles. The van der Waals surface area contributed by atoms with E-state index < -0.39 is 23.8 Å². The van der Waals surface area contributed by atoms with Gasteiger partial charge in [-0.25, -0.2) is 9.96 Å². The van der Waals surface area contributed by atoms with E-state index >= 15 is 0 Å². The summed E-state index contributed by atoms with van der Waals surface area (Å²) in [6.45, 7) is 3.62. The lowest BCUT2D eigenvalue weighted by atomic mass is 10.2. The fourth-order valence-electron chi connectivity index (χ4n) is 2.51. The average Bonchev–Trinajstić information content (AvgIpc) is 2.82. The van der Waals surface area contributed by atoms with E-state index in [9.17, 15) is 19.6 Å². The Morgan fingerprint density at radius 3 is 2.78 bits per heavy atom. The smallest absolute Gasteiger partial charge is 0.259 e. The maximum Gasteiger partial charge on any atom is 0.259 e. The number of amides is 3. The Morgan fingerprint density at radius 1 is 1.43 bits per heavy atom. The lowest BCUT2D eigenvalue weighted by Gasteiger charge is -2.22. The number of unbranched alkanes of at least 4 members (excludes halogenated alkanes) is 1. The molecule has 1 aliphatic heterocycles. The van der Waals surface area contributed by atoms with Gasteiger partial charge in [-0.3, -0.25) is 19.6 Å². The molecule has 0 saturated carbocycles. The number of nitrogens with zero attached hydrogens (tertiary/aromatic N) is 2. The van der Waals surface area contributed by atoms with Gasteiger partial charge in [0.05, 0.1) is 12.1 Å². The molecular weight excluding hydrogens is 320 g/mol. The third-order valence-corrected chi connectivity index (χ3v) is 4.31. The Kier molecular flexibility index (Phi) is 5.38. The zero-order valence-corrected chi connectivity index (χ0v) is 13.8. The monoisotopic (exact) mass is 338 g/mol. The van der Waals surface area contributed by atoms with Crippen LogP contribution in [-0.2, 0) is 14.4 Å². The van der Waals surface area contributed by atoms with E-state index in [4.69, 9.17) is 11.6 Å². The molecular formula is C16H19ClN2O4. The van der Waals surface area contributed by atoms with Crippen molar-refractivity contribution < 1.29 is 19.6 Å². The zero-order chi connectivity index (χ0) is 17.1. The van der Waals surface area contributed by atoms with Crippen LogP contribution >= 0.6 is 11.6 Å². The average molecular weight is 339 g/mol. The molecule has 0 aromatic heterocycles. The summed E-state index contributed by atoms with van der Waals surface area (Å²) in [4.78, 5) is 37.6. The number of carbonyl (C=O) groups excluding carboxylic acids is 3. The molecule has 1 fully saturated rings. The van der Waals surface area contributed by atoms with E-state index in [2.05, 4.69) is 0 Å². The highest BCUT2D eigenvalue weighted by molar-refractivity contribution is 6.32. The van der Waals surface area contributed by atoms with Gasteiger partial charge in [0.15, 0.2) is 0 Å². The molecule has 2 rings (SSSR count). The van der Waals surface area contributed by atoms with E-state index in [0.717, 1.165) is 11.3 Å². The van der Waals surface area contributed by atoms with Crippen molar-refractivity contribution in [1.29, 1.82) is 0 Å². The van der Waals surface area contributed by atoms with Crippen LogP contribution in [0, 0.1) is 6.92 Å². The van der Waals surface area contributed by atoms with Crippen molar-refractivity contribution in [2.45, 2.75) is 45.6 Å². The van der Waals surface area contributed by atoms with Crippen LogP contribution in [-0.4, -0.2) is 34.0 Å². The third kappa shape index (κ3) is 3.38.